The Morgan fingerprint density at radius 1 is 0.357 bits per heavy atom. The van der Waals surface area contributed by atoms with Gasteiger partial charge in [-0.2, -0.15) is 0 Å². The van der Waals surface area contributed by atoms with Crippen LogP contribution in [0.15, 0.2) is 121 Å². The number of aliphatic carboxylic acids is 4. The molecule has 2 aliphatic rings. The molecule has 0 radical (unpaired) electrons. The van der Waals surface area contributed by atoms with Crippen molar-refractivity contribution in [3.05, 3.63) is 144 Å². The van der Waals surface area contributed by atoms with Crippen LogP contribution in [-0.4, -0.2) is 50.3 Å². The Balaban J connectivity index is 0. The van der Waals surface area contributed by atoms with Gasteiger partial charge in [-0.25, -0.2) is 0 Å². The zero-order valence-corrected chi connectivity index (χ0v) is 34.1. The van der Waals surface area contributed by atoms with Gasteiger partial charge in [0, 0.05) is 48.7 Å². The summed E-state index contributed by atoms with van der Waals surface area (Å²) in [6.07, 6.45) is 5.11. The van der Waals surface area contributed by atoms with Gasteiger partial charge < -0.3 is 49.1 Å². The average Bonchev–Trinajstić information content (AvgIpc) is 3.98. The topological polar surface area (TPSA) is 179 Å². The van der Waals surface area contributed by atoms with Crippen LogP contribution in [0, 0.1) is 47.4 Å². The van der Waals surface area contributed by atoms with Crippen LogP contribution in [0.4, 0.5) is 0 Å². The zero-order chi connectivity index (χ0) is 39.5. The van der Waals surface area contributed by atoms with Gasteiger partial charge in [0.25, 0.3) is 0 Å². The third-order valence-electron chi connectivity index (χ3n) is 5.99. The first-order chi connectivity index (χ1) is 26.2. The van der Waals surface area contributed by atoms with Crippen molar-refractivity contribution in [2.24, 2.45) is 0 Å². The molecule has 2 saturated heterocycles. The third-order valence-corrected chi connectivity index (χ3v) is 5.99. The van der Waals surface area contributed by atoms with Gasteiger partial charge in [-0.1, -0.05) is 96.5 Å². The first-order valence-electron chi connectivity index (χ1n) is 16.4. The first kappa shape index (κ1) is 52.4. The van der Waals surface area contributed by atoms with Crippen molar-refractivity contribution in [3.8, 4) is 47.4 Å². The average molecular weight is 917 g/mol. The second-order valence-corrected chi connectivity index (χ2v) is 10.3. The van der Waals surface area contributed by atoms with E-state index in [9.17, 15) is 39.6 Å². The molecule has 0 bridgehead atoms. The van der Waals surface area contributed by atoms with Crippen molar-refractivity contribution in [2.75, 3.05) is 26.4 Å². The molecule has 4 aromatic carbocycles. The maximum atomic E-state index is 9.89. The fourth-order valence-corrected chi connectivity index (χ4v) is 3.60. The summed E-state index contributed by atoms with van der Waals surface area (Å²) in [5.74, 6) is 12.0. The molecule has 12 heteroatoms. The van der Waals surface area contributed by atoms with Crippen molar-refractivity contribution in [1.82, 2.24) is 0 Å². The molecule has 2 heterocycles. The summed E-state index contributed by atoms with van der Waals surface area (Å²) in [5.41, 5.74) is 2.71. The van der Waals surface area contributed by atoms with Crippen LogP contribution in [0.1, 0.15) is 47.9 Å². The van der Waals surface area contributed by atoms with E-state index in [2.05, 4.69) is 23.7 Å². The molecule has 0 amide bonds. The van der Waals surface area contributed by atoms with Gasteiger partial charge in [0.1, 0.15) is 23.9 Å². The number of hydrogen-bond acceptors (Lipinski definition) is 10. The molecule has 4 aromatic rings. The predicted octanol–water partition coefficient (Wildman–Crippen LogP) is 0.741. The molecule has 0 atom stereocenters. The van der Waals surface area contributed by atoms with E-state index in [1.807, 2.05) is 47.9 Å². The summed E-state index contributed by atoms with van der Waals surface area (Å²) in [7, 11) is 0. The Labute approximate surface area is 356 Å². The number of carbonyl (C=O) groups is 4. The van der Waals surface area contributed by atoms with Crippen molar-refractivity contribution < 1.29 is 91.2 Å². The standard InChI is InChI=1S/4C9H6O2.2C4H8O.2Mo/c4*10-9(11)7-6-8-4-2-1-3-5-8;2*1-2-4-5-3-1;;/h4*1-5H,(H,10,11);2*1-4H2;;/q;;;;;;2*+2/p-4. The van der Waals surface area contributed by atoms with Crippen LogP contribution in [-0.2, 0) is 70.8 Å². The SMILES string of the molecule is C1CCOC1.C1CCOC1.O=C([O-])C#Cc1ccccc1.O=C([O-])C#Cc1ccccc1.O=C([O-])C#Cc1ccccc1.O=C([O-])C#Cc1ccccc1.[Mo+2].[Mo+2]. The van der Waals surface area contributed by atoms with E-state index in [0.29, 0.717) is 22.3 Å². The van der Waals surface area contributed by atoms with E-state index in [4.69, 9.17) is 9.47 Å². The van der Waals surface area contributed by atoms with Crippen molar-refractivity contribution >= 4 is 23.9 Å². The van der Waals surface area contributed by atoms with Crippen LogP contribution in [0.3, 0.4) is 0 Å². The van der Waals surface area contributed by atoms with E-state index in [1.54, 1.807) is 97.1 Å². The van der Waals surface area contributed by atoms with Crippen LogP contribution in [0.25, 0.3) is 0 Å². The van der Waals surface area contributed by atoms with Crippen molar-refractivity contribution in [2.45, 2.75) is 25.7 Å². The maximum Gasteiger partial charge on any atom is 2.00 e. The molecule has 284 valence electrons. The number of hydrogen-bond donors (Lipinski definition) is 0. The fraction of sp³-hybridized carbons (Fsp3) is 0.182. The summed E-state index contributed by atoms with van der Waals surface area (Å²) >= 11 is 0. The van der Waals surface area contributed by atoms with Crippen LogP contribution in [0.2, 0.25) is 0 Å². The van der Waals surface area contributed by atoms with E-state index in [1.165, 1.54) is 25.7 Å². The summed E-state index contributed by atoms with van der Waals surface area (Å²) < 4.78 is 9.89. The molecule has 0 N–H and O–H groups in total. The minimum Gasteiger partial charge on any atom is -0.537 e. The smallest absolute Gasteiger partial charge is 0.537 e. The normalized spacial score (nSPS) is 10.6. The molecule has 0 aromatic heterocycles. The number of rotatable bonds is 0. The zero-order valence-electron chi connectivity index (χ0n) is 30.1. The molecule has 56 heavy (non-hydrogen) atoms. The summed E-state index contributed by atoms with van der Waals surface area (Å²) in [4.78, 5) is 39.6. The molecule has 0 spiro atoms. The molecular weight excluding hydrogens is 880 g/mol. The van der Waals surface area contributed by atoms with Gasteiger partial charge in [-0.05, 0) is 97.9 Å². The number of benzene rings is 4. The van der Waals surface area contributed by atoms with Crippen LogP contribution >= 0.6 is 0 Å². The minimum absolute atomic E-state index is 0. The monoisotopic (exact) mass is 920 g/mol. The predicted molar refractivity (Wildman–Crippen MR) is 193 cm³/mol. The van der Waals surface area contributed by atoms with Gasteiger partial charge in [0.05, 0.1) is 0 Å². The number of ether oxygens (including phenoxy) is 2. The third kappa shape index (κ3) is 34.1. The number of carbonyl (C=O) groups excluding carboxylic acids is 4. The number of carboxylic acid groups (broad SMARTS) is 4. The van der Waals surface area contributed by atoms with Gasteiger partial charge in [-0.3, -0.25) is 0 Å². The molecule has 0 aliphatic carbocycles. The molecule has 0 unspecified atom stereocenters. The Morgan fingerprint density at radius 3 is 0.661 bits per heavy atom. The Morgan fingerprint density at radius 2 is 0.536 bits per heavy atom. The van der Waals surface area contributed by atoms with Crippen molar-refractivity contribution in [1.29, 1.82) is 0 Å². The van der Waals surface area contributed by atoms with E-state index < -0.39 is 23.9 Å². The Bertz CT molecular complexity index is 1640. The van der Waals surface area contributed by atoms with Crippen molar-refractivity contribution in [3.63, 3.8) is 0 Å². The second-order valence-electron chi connectivity index (χ2n) is 10.3. The van der Waals surface area contributed by atoms with Gasteiger partial charge in [0.15, 0.2) is 0 Å². The van der Waals surface area contributed by atoms with E-state index in [0.717, 1.165) is 26.4 Å². The van der Waals surface area contributed by atoms with E-state index in [-0.39, 0.29) is 42.1 Å². The second kappa shape index (κ2) is 36.3. The number of carboxylic acids is 4. The molecule has 6 rings (SSSR count). The minimum atomic E-state index is -1.35. The fourth-order valence-electron chi connectivity index (χ4n) is 3.60. The van der Waals surface area contributed by atoms with E-state index >= 15 is 0 Å². The largest absolute Gasteiger partial charge is 2.00 e. The maximum absolute atomic E-state index is 9.89. The van der Waals surface area contributed by atoms with Crippen LogP contribution in [0.5, 0.6) is 0 Å². The summed E-state index contributed by atoms with van der Waals surface area (Å²) in [6, 6.07) is 35.5. The first-order valence-corrected chi connectivity index (χ1v) is 16.4. The molecule has 0 saturated carbocycles. The molecular formula is C44H36Mo2O10. The molecule has 10 nitrogen and oxygen atoms in total. The van der Waals surface area contributed by atoms with Gasteiger partial charge in [0.2, 0.25) is 0 Å². The summed E-state index contributed by atoms with van der Waals surface area (Å²) in [5, 5.41) is 39.6. The summed E-state index contributed by atoms with van der Waals surface area (Å²) in [6.45, 7) is 4.00. The Hall–Kier alpha value is -5.70. The Kier molecular flexibility index (Phi) is 33.9. The van der Waals surface area contributed by atoms with Gasteiger partial charge in [-0.15, -0.1) is 0 Å². The van der Waals surface area contributed by atoms with Gasteiger partial charge >= 0.3 is 42.1 Å². The quantitative estimate of drug-likeness (QED) is 0.181. The molecule has 2 aliphatic heterocycles. The van der Waals surface area contributed by atoms with Crippen LogP contribution < -0.4 is 20.4 Å². The molecule has 2 fully saturated rings.